The van der Waals surface area contributed by atoms with Crippen molar-refractivity contribution in [1.82, 2.24) is 9.80 Å². The minimum absolute atomic E-state index is 0.0385. The van der Waals surface area contributed by atoms with Gasteiger partial charge in [-0.25, -0.2) is 0 Å². The minimum atomic E-state index is -0.111. The molecule has 0 spiro atoms. The van der Waals surface area contributed by atoms with Crippen LogP contribution in [0, 0.1) is 0 Å². The summed E-state index contributed by atoms with van der Waals surface area (Å²) in [5.41, 5.74) is 2.05. The van der Waals surface area contributed by atoms with Crippen LogP contribution in [-0.4, -0.2) is 60.3 Å². The summed E-state index contributed by atoms with van der Waals surface area (Å²) in [5, 5.41) is 0. The maximum Gasteiger partial charge on any atom is 0.289 e. The molecule has 35 heavy (non-hydrogen) atoms. The van der Waals surface area contributed by atoms with E-state index >= 15 is 0 Å². The van der Waals surface area contributed by atoms with Gasteiger partial charge in [-0.1, -0.05) is 18.2 Å². The summed E-state index contributed by atoms with van der Waals surface area (Å²) in [6.45, 7) is 4.22. The Bertz CT molecular complexity index is 1270. The van der Waals surface area contributed by atoms with Gasteiger partial charge in [0.1, 0.15) is 5.76 Å². The van der Waals surface area contributed by atoms with E-state index in [0.29, 0.717) is 36.9 Å². The van der Waals surface area contributed by atoms with Crippen LogP contribution in [-0.2, 0) is 17.9 Å². The van der Waals surface area contributed by atoms with Crippen molar-refractivity contribution >= 4 is 29.3 Å². The standard InChI is InChI=1S/C26H25N3O5S/c30-25-16-35-24-4-2-1-3-20(24)29(25)15-19-6-8-22(34-19)26(31)28-11-9-27(10-12-28)14-18-5-7-21-23(13-18)33-17-32-21/h1-8,13H,9-12,14-17H2. The van der Waals surface area contributed by atoms with Crippen LogP contribution >= 0.6 is 11.8 Å². The number of hydrogen-bond acceptors (Lipinski definition) is 7. The monoisotopic (exact) mass is 491 g/mol. The Morgan fingerprint density at radius 2 is 1.74 bits per heavy atom. The molecule has 1 fully saturated rings. The highest BCUT2D eigenvalue weighted by molar-refractivity contribution is 8.00. The Kier molecular flexibility index (Phi) is 5.87. The van der Waals surface area contributed by atoms with Gasteiger partial charge in [-0.15, -0.1) is 11.8 Å². The van der Waals surface area contributed by atoms with Crippen LogP contribution in [0.4, 0.5) is 5.69 Å². The van der Waals surface area contributed by atoms with Gasteiger partial charge >= 0.3 is 0 Å². The number of ether oxygens (including phenoxy) is 2. The first-order valence-electron chi connectivity index (χ1n) is 11.6. The summed E-state index contributed by atoms with van der Waals surface area (Å²) in [6.07, 6.45) is 0. The van der Waals surface area contributed by atoms with Gasteiger partial charge in [-0.05, 0) is 42.0 Å². The molecule has 0 atom stereocenters. The highest BCUT2D eigenvalue weighted by Gasteiger charge is 2.28. The van der Waals surface area contributed by atoms with Crippen molar-refractivity contribution < 1.29 is 23.5 Å². The van der Waals surface area contributed by atoms with Crippen molar-refractivity contribution in [3.63, 3.8) is 0 Å². The number of fused-ring (bicyclic) bond motifs is 2. The number of hydrogen-bond donors (Lipinski definition) is 0. The number of benzene rings is 2. The Labute approximate surface area is 207 Å². The molecular weight excluding hydrogens is 466 g/mol. The van der Waals surface area contributed by atoms with Crippen molar-refractivity contribution in [3.8, 4) is 11.5 Å². The first-order valence-corrected chi connectivity index (χ1v) is 12.6. The summed E-state index contributed by atoms with van der Waals surface area (Å²) in [6, 6.07) is 17.4. The zero-order valence-corrected chi connectivity index (χ0v) is 20.0. The van der Waals surface area contributed by atoms with Crippen LogP contribution in [0.25, 0.3) is 0 Å². The smallest absolute Gasteiger partial charge is 0.289 e. The lowest BCUT2D eigenvalue weighted by Gasteiger charge is -2.34. The maximum absolute atomic E-state index is 13.1. The number of piperazine rings is 1. The quantitative estimate of drug-likeness (QED) is 0.540. The largest absolute Gasteiger partial charge is 0.454 e. The molecule has 9 heteroatoms. The average Bonchev–Trinajstić information content (AvgIpc) is 3.55. The number of anilines is 1. The van der Waals surface area contributed by atoms with Crippen molar-refractivity contribution in [2.75, 3.05) is 43.6 Å². The van der Waals surface area contributed by atoms with E-state index in [1.165, 1.54) is 0 Å². The molecule has 3 aliphatic heterocycles. The summed E-state index contributed by atoms with van der Waals surface area (Å²) in [5.74, 6) is 2.82. The SMILES string of the molecule is O=C(c1ccc(CN2C(=O)CSc3ccccc32)o1)N1CCN(Cc2ccc3c(c2)OCO3)CC1. The molecule has 0 aliphatic carbocycles. The summed E-state index contributed by atoms with van der Waals surface area (Å²) >= 11 is 1.55. The predicted molar refractivity (Wildman–Crippen MR) is 131 cm³/mol. The fourth-order valence-electron chi connectivity index (χ4n) is 4.62. The Balaban J connectivity index is 1.06. The van der Waals surface area contributed by atoms with Gasteiger partial charge < -0.3 is 23.7 Å². The van der Waals surface area contributed by atoms with E-state index in [4.69, 9.17) is 13.9 Å². The highest BCUT2D eigenvalue weighted by atomic mass is 32.2. The molecule has 180 valence electrons. The average molecular weight is 492 g/mol. The molecule has 0 N–H and O–H groups in total. The molecule has 8 nitrogen and oxygen atoms in total. The number of para-hydroxylation sites is 1. The van der Waals surface area contributed by atoms with Gasteiger partial charge in [-0.2, -0.15) is 0 Å². The van der Waals surface area contributed by atoms with Gasteiger partial charge in [0.2, 0.25) is 12.7 Å². The Morgan fingerprint density at radius 3 is 2.63 bits per heavy atom. The second-order valence-corrected chi connectivity index (χ2v) is 9.78. The van der Waals surface area contributed by atoms with Crippen LogP contribution < -0.4 is 14.4 Å². The lowest BCUT2D eigenvalue weighted by molar-refractivity contribution is -0.116. The normalized spacial score (nSPS) is 17.5. The molecule has 3 aromatic rings. The zero-order chi connectivity index (χ0) is 23.8. The number of furan rings is 1. The van der Waals surface area contributed by atoms with Gasteiger partial charge in [0.05, 0.1) is 18.0 Å². The number of nitrogens with zero attached hydrogens (tertiary/aromatic N) is 3. The molecule has 0 bridgehead atoms. The zero-order valence-electron chi connectivity index (χ0n) is 19.1. The lowest BCUT2D eigenvalue weighted by atomic mass is 10.1. The van der Waals surface area contributed by atoms with Crippen molar-refractivity contribution in [3.05, 3.63) is 71.7 Å². The molecule has 2 aromatic carbocycles. The van der Waals surface area contributed by atoms with E-state index < -0.39 is 0 Å². The fourth-order valence-corrected chi connectivity index (χ4v) is 5.56. The maximum atomic E-state index is 13.1. The second-order valence-electron chi connectivity index (χ2n) is 8.76. The lowest BCUT2D eigenvalue weighted by Crippen LogP contribution is -2.48. The van der Waals surface area contributed by atoms with Crippen molar-refractivity contribution in [2.45, 2.75) is 18.0 Å². The molecule has 3 aliphatic rings. The Morgan fingerprint density at radius 1 is 0.914 bits per heavy atom. The third kappa shape index (κ3) is 4.49. The third-order valence-electron chi connectivity index (χ3n) is 6.50. The predicted octanol–water partition coefficient (Wildman–Crippen LogP) is 3.61. The second kappa shape index (κ2) is 9.31. The number of thioether (sulfide) groups is 1. The Hall–Kier alpha value is -3.43. The van der Waals surface area contributed by atoms with Gasteiger partial charge in [-0.3, -0.25) is 14.5 Å². The molecule has 1 saturated heterocycles. The molecular formula is C26H25N3O5S. The number of amides is 2. The first-order chi connectivity index (χ1) is 17.1. The molecule has 0 unspecified atom stereocenters. The molecule has 4 heterocycles. The molecule has 0 saturated carbocycles. The minimum Gasteiger partial charge on any atom is -0.454 e. The molecule has 0 radical (unpaired) electrons. The van der Waals surface area contributed by atoms with Gasteiger partial charge in [0.15, 0.2) is 17.3 Å². The van der Waals surface area contributed by atoms with Crippen LogP contribution in [0.1, 0.15) is 21.9 Å². The number of carbonyl (C=O) groups excluding carboxylic acids is 2. The van der Waals surface area contributed by atoms with E-state index in [2.05, 4.69) is 11.0 Å². The topological polar surface area (TPSA) is 75.5 Å². The summed E-state index contributed by atoms with van der Waals surface area (Å²) in [4.78, 5) is 32.6. The molecule has 2 amide bonds. The van der Waals surface area contributed by atoms with E-state index in [-0.39, 0.29) is 18.6 Å². The van der Waals surface area contributed by atoms with E-state index in [1.54, 1.807) is 28.8 Å². The van der Waals surface area contributed by atoms with Crippen LogP contribution in [0.15, 0.2) is 63.9 Å². The fraction of sp³-hybridized carbons (Fsp3) is 0.308. The van der Waals surface area contributed by atoms with E-state index in [0.717, 1.165) is 47.3 Å². The van der Waals surface area contributed by atoms with Gasteiger partial charge in [0.25, 0.3) is 5.91 Å². The summed E-state index contributed by atoms with van der Waals surface area (Å²) < 4.78 is 16.8. The van der Waals surface area contributed by atoms with Crippen molar-refractivity contribution in [2.24, 2.45) is 0 Å². The first kappa shape index (κ1) is 22.1. The molecule has 1 aromatic heterocycles. The van der Waals surface area contributed by atoms with Gasteiger partial charge in [0, 0.05) is 37.6 Å². The van der Waals surface area contributed by atoms with E-state index in [1.807, 2.05) is 41.3 Å². The van der Waals surface area contributed by atoms with Crippen molar-refractivity contribution in [1.29, 1.82) is 0 Å². The summed E-state index contributed by atoms with van der Waals surface area (Å²) in [7, 11) is 0. The van der Waals surface area contributed by atoms with Crippen LogP contribution in [0.5, 0.6) is 11.5 Å². The van der Waals surface area contributed by atoms with E-state index in [9.17, 15) is 9.59 Å². The van der Waals surface area contributed by atoms with Crippen LogP contribution in [0.2, 0.25) is 0 Å². The van der Waals surface area contributed by atoms with Crippen LogP contribution in [0.3, 0.4) is 0 Å². The third-order valence-corrected chi connectivity index (χ3v) is 7.54. The number of rotatable bonds is 5. The highest BCUT2D eigenvalue weighted by Crippen LogP contribution is 2.36. The number of carbonyl (C=O) groups is 2. The molecule has 6 rings (SSSR count).